The highest BCUT2D eigenvalue weighted by molar-refractivity contribution is 7.86. The lowest BCUT2D eigenvalue weighted by atomic mass is 9.91. The van der Waals surface area contributed by atoms with Crippen molar-refractivity contribution < 1.29 is 13.0 Å². The van der Waals surface area contributed by atoms with Crippen molar-refractivity contribution in [2.45, 2.75) is 4.90 Å². The summed E-state index contributed by atoms with van der Waals surface area (Å²) < 4.78 is 35.3. The van der Waals surface area contributed by atoms with Crippen LogP contribution in [0.25, 0.3) is 33.4 Å². The van der Waals surface area contributed by atoms with Gasteiger partial charge in [-0.2, -0.15) is 8.42 Å². The molecule has 0 heterocycles. The number of benzene rings is 4. The molecule has 4 aromatic carbocycles. The first-order valence-corrected chi connectivity index (χ1v) is 10.3. The molecule has 138 valence electrons. The zero-order valence-electron chi connectivity index (χ0n) is 15.0. The van der Waals surface area contributed by atoms with Crippen molar-refractivity contribution in [2.24, 2.45) is 0 Å². The van der Waals surface area contributed by atoms with Gasteiger partial charge < -0.3 is 0 Å². The molecule has 0 aliphatic carbocycles. The van der Waals surface area contributed by atoms with Crippen LogP contribution in [0.1, 0.15) is 0 Å². The smallest absolute Gasteiger partial charge is 0.282 e. The fourth-order valence-corrected chi connectivity index (χ4v) is 4.39. The van der Waals surface area contributed by atoms with Crippen molar-refractivity contribution in [1.29, 1.82) is 0 Å². The van der Waals surface area contributed by atoms with Crippen LogP contribution in [0.2, 0.25) is 0 Å². The Labute approximate surface area is 164 Å². The van der Waals surface area contributed by atoms with Crippen molar-refractivity contribution >= 4 is 10.1 Å². The van der Waals surface area contributed by atoms with Gasteiger partial charge in [-0.25, -0.2) is 0 Å². The maximum atomic E-state index is 12.6. The third-order valence-corrected chi connectivity index (χ3v) is 5.59. The SMILES string of the molecule is O=S(=O)(O)c1c(-c2ccccc2)ccc(-c2ccccc2)c1-c1ccccc1. The maximum Gasteiger partial charge on any atom is 0.295 e. The van der Waals surface area contributed by atoms with Gasteiger partial charge in [0.2, 0.25) is 0 Å². The second kappa shape index (κ2) is 7.43. The number of hydrogen-bond donors (Lipinski definition) is 1. The predicted octanol–water partition coefficient (Wildman–Crippen LogP) is 5.93. The first-order valence-electron chi connectivity index (χ1n) is 8.86. The minimum absolute atomic E-state index is 0.0775. The highest BCUT2D eigenvalue weighted by Gasteiger charge is 2.25. The molecule has 0 radical (unpaired) electrons. The Hall–Kier alpha value is -3.21. The Bertz CT molecular complexity index is 1200. The van der Waals surface area contributed by atoms with Crippen LogP contribution in [0.3, 0.4) is 0 Å². The summed E-state index contributed by atoms with van der Waals surface area (Å²) in [6.07, 6.45) is 0. The van der Waals surface area contributed by atoms with Gasteiger partial charge in [-0.1, -0.05) is 103 Å². The molecule has 1 N–H and O–H groups in total. The van der Waals surface area contributed by atoms with Gasteiger partial charge in [-0.3, -0.25) is 4.55 Å². The quantitative estimate of drug-likeness (QED) is 0.442. The van der Waals surface area contributed by atoms with Crippen LogP contribution in [0.4, 0.5) is 0 Å². The van der Waals surface area contributed by atoms with Gasteiger partial charge in [0.05, 0.1) is 0 Å². The highest BCUT2D eigenvalue weighted by atomic mass is 32.2. The molecule has 0 aliphatic rings. The van der Waals surface area contributed by atoms with E-state index in [0.717, 1.165) is 22.3 Å². The molecule has 0 fully saturated rings. The molecule has 4 aromatic rings. The van der Waals surface area contributed by atoms with E-state index < -0.39 is 10.1 Å². The van der Waals surface area contributed by atoms with Crippen molar-refractivity contribution in [3.05, 3.63) is 103 Å². The van der Waals surface area contributed by atoms with E-state index in [2.05, 4.69) is 0 Å². The van der Waals surface area contributed by atoms with E-state index in [9.17, 15) is 13.0 Å². The molecule has 0 amide bonds. The van der Waals surface area contributed by atoms with Crippen molar-refractivity contribution in [1.82, 2.24) is 0 Å². The van der Waals surface area contributed by atoms with Crippen LogP contribution in [0.15, 0.2) is 108 Å². The first kappa shape index (κ1) is 18.2. The molecule has 0 spiro atoms. The molecule has 0 aromatic heterocycles. The molecule has 0 atom stereocenters. The van der Waals surface area contributed by atoms with E-state index in [-0.39, 0.29) is 4.90 Å². The van der Waals surface area contributed by atoms with Crippen LogP contribution >= 0.6 is 0 Å². The van der Waals surface area contributed by atoms with Crippen LogP contribution in [-0.2, 0) is 10.1 Å². The highest BCUT2D eigenvalue weighted by Crippen LogP contribution is 2.42. The minimum atomic E-state index is -4.49. The molecular weight excluding hydrogens is 368 g/mol. The summed E-state index contributed by atoms with van der Waals surface area (Å²) in [5.74, 6) is 0. The molecule has 0 aliphatic heterocycles. The van der Waals surface area contributed by atoms with Crippen molar-refractivity contribution in [2.75, 3.05) is 0 Å². The van der Waals surface area contributed by atoms with Gasteiger partial charge in [0.25, 0.3) is 10.1 Å². The van der Waals surface area contributed by atoms with Crippen molar-refractivity contribution in [3.8, 4) is 33.4 Å². The van der Waals surface area contributed by atoms with E-state index in [1.54, 1.807) is 6.07 Å². The fraction of sp³-hybridized carbons (Fsp3) is 0. The van der Waals surface area contributed by atoms with E-state index in [4.69, 9.17) is 0 Å². The Morgan fingerprint density at radius 1 is 0.500 bits per heavy atom. The van der Waals surface area contributed by atoms with Gasteiger partial charge in [-0.05, 0) is 22.3 Å². The summed E-state index contributed by atoms with van der Waals surface area (Å²) in [6.45, 7) is 0. The van der Waals surface area contributed by atoms with E-state index in [1.807, 2.05) is 97.1 Å². The monoisotopic (exact) mass is 386 g/mol. The van der Waals surface area contributed by atoms with E-state index in [0.29, 0.717) is 11.1 Å². The Kier molecular flexibility index (Phi) is 4.82. The lowest BCUT2D eigenvalue weighted by Gasteiger charge is -2.18. The Balaban J connectivity index is 2.14. The summed E-state index contributed by atoms with van der Waals surface area (Å²) in [4.78, 5) is -0.0775. The van der Waals surface area contributed by atoms with Crippen LogP contribution < -0.4 is 0 Å². The molecule has 28 heavy (non-hydrogen) atoms. The standard InChI is InChI=1S/C24H18O3S/c25-28(26,27)24-22(19-12-6-2-7-13-19)17-16-21(18-10-4-1-5-11-18)23(24)20-14-8-3-9-15-20/h1-17H,(H,25,26,27). The third kappa shape index (κ3) is 3.48. The Morgan fingerprint density at radius 3 is 1.36 bits per heavy atom. The lowest BCUT2D eigenvalue weighted by Crippen LogP contribution is -2.05. The topological polar surface area (TPSA) is 54.4 Å². The molecule has 0 unspecified atom stereocenters. The summed E-state index contributed by atoms with van der Waals surface area (Å²) in [5, 5.41) is 0. The molecule has 3 nitrogen and oxygen atoms in total. The van der Waals surface area contributed by atoms with Crippen LogP contribution in [0, 0.1) is 0 Å². The van der Waals surface area contributed by atoms with E-state index >= 15 is 0 Å². The number of hydrogen-bond acceptors (Lipinski definition) is 2. The predicted molar refractivity (Wildman–Crippen MR) is 113 cm³/mol. The molecule has 4 heteroatoms. The van der Waals surface area contributed by atoms with Crippen LogP contribution in [-0.4, -0.2) is 13.0 Å². The van der Waals surface area contributed by atoms with Crippen molar-refractivity contribution in [3.63, 3.8) is 0 Å². The molecule has 4 rings (SSSR count). The van der Waals surface area contributed by atoms with Gasteiger partial charge in [-0.15, -0.1) is 0 Å². The first-order chi connectivity index (χ1) is 13.6. The summed E-state index contributed by atoms with van der Waals surface area (Å²) in [7, 11) is -4.49. The van der Waals surface area contributed by atoms with Crippen LogP contribution in [0.5, 0.6) is 0 Å². The van der Waals surface area contributed by atoms with Gasteiger partial charge in [0, 0.05) is 11.1 Å². The third-order valence-electron chi connectivity index (χ3n) is 4.65. The zero-order valence-corrected chi connectivity index (χ0v) is 15.8. The number of rotatable bonds is 4. The second-order valence-corrected chi connectivity index (χ2v) is 7.80. The molecule has 0 saturated carbocycles. The summed E-state index contributed by atoms with van der Waals surface area (Å²) in [5.41, 5.74) is 4.06. The Morgan fingerprint density at radius 2 is 0.893 bits per heavy atom. The normalized spacial score (nSPS) is 11.3. The maximum absolute atomic E-state index is 12.6. The minimum Gasteiger partial charge on any atom is -0.282 e. The fourth-order valence-electron chi connectivity index (χ4n) is 3.45. The summed E-state index contributed by atoms with van der Waals surface area (Å²) in [6, 6.07) is 31.8. The second-order valence-electron chi connectivity index (χ2n) is 6.44. The van der Waals surface area contributed by atoms with Gasteiger partial charge in [0.15, 0.2) is 0 Å². The average Bonchev–Trinajstić information content (AvgIpc) is 2.74. The average molecular weight is 386 g/mol. The van der Waals surface area contributed by atoms with E-state index in [1.165, 1.54) is 0 Å². The largest absolute Gasteiger partial charge is 0.295 e. The molecule has 0 saturated heterocycles. The molecule has 0 bridgehead atoms. The summed E-state index contributed by atoms with van der Waals surface area (Å²) >= 11 is 0. The lowest BCUT2D eigenvalue weighted by molar-refractivity contribution is 0.484. The zero-order chi connectivity index (χ0) is 19.6. The van der Waals surface area contributed by atoms with Gasteiger partial charge >= 0.3 is 0 Å². The van der Waals surface area contributed by atoms with Gasteiger partial charge in [0.1, 0.15) is 4.90 Å². The molecular formula is C24H18O3S.